The van der Waals surface area contributed by atoms with Gasteiger partial charge in [-0.2, -0.15) is 0 Å². The van der Waals surface area contributed by atoms with E-state index in [9.17, 15) is 4.79 Å². The van der Waals surface area contributed by atoms with Gasteiger partial charge in [-0.1, -0.05) is 0 Å². The molecule has 1 heterocycles. The van der Waals surface area contributed by atoms with Crippen LogP contribution in [0, 0.1) is 12.3 Å². The highest BCUT2D eigenvalue weighted by Gasteiger charge is 2.21. The second kappa shape index (κ2) is 4.85. The summed E-state index contributed by atoms with van der Waals surface area (Å²) in [6.45, 7) is 2.43. The number of morpholine rings is 1. The fraction of sp³-hybridized carbons (Fsp3) is 0.667. The third-order valence-electron chi connectivity index (χ3n) is 1.98. The van der Waals surface area contributed by atoms with Gasteiger partial charge in [-0.25, -0.2) is 0 Å². The molecule has 0 aromatic heterocycles. The maximum Gasteiger partial charge on any atom is 0.240 e. The SMILES string of the molecule is C#CCC(N)C(=O)N1CCOCC1. The van der Waals surface area contributed by atoms with Crippen LogP contribution < -0.4 is 5.73 Å². The van der Waals surface area contributed by atoms with Gasteiger partial charge in [-0.15, -0.1) is 12.3 Å². The normalized spacial score (nSPS) is 19.2. The first-order chi connectivity index (χ1) is 6.25. The number of rotatable bonds is 2. The zero-order valence-electron chi connectivity index (χ0n) is 7.53. The van der Waals surface area contributed by atoms with Gasteiger partial charge in [0.15, 0.2) is 0 Å². The Morgan fingerprint density at radius 3 is 2.77 bits per heavy atom. The molecule has 0 aliphatic carbocycles. The Bertz CT molecular complexity index is 216. The monoisotopic (exact) mass is 182 g/mol. The third-order valence-corrected chi connectivity index (χ3v) is 1.98. The van der Waals surface area contributed by atoms with E-state index in [1.54, 1.807) is 4.90 Å². The van der Waals surface area contributed by atoms with E-state index in [4.69, 9.17) is 16.9 Å². The number of ether oxygens (including phenoxy) is 1. The molecule has 1 saturated heterocycles. The Labute approximate surface area is 78.0 Å². The van der Waals surface area contributed by atoms with E-state index < -0.39 is 6.04 Å². The van der Waals surface area contributed by atoms with E-state index in [2.05, 4.69) is 5.92 Å². The van der Waals surface area contributed by atoms with Gasteiger partial charge in [0.2, 0.25) is 5.91 Å². The molecule has 4 heteroatoms. The number of carbonyl (C=O) groups is 1. The van der Waals surface area contributed by atoms with Crippen LogP contribution in [0.1, 0.15) is 6.42 Å². The first kappa shape index (κ1) is 10.0. The molecule has 0 radical (unpaired) electrons. The fourth-order valence-electron chi connectivity index (χ4n) is 1.23. The van der Waals surface area contributed by atoms with Gasteiger partial charge in [0.05, 0.1) is 19.3 Å². The van der Waals surface area contributed by atoms with Gasteiger partial charge in [-0.05, 0) is 0 Å². The molecule has 1 unspecified atom stereocenters. The Kier molecular flexibility index (Phi) is 3.74. The highest BCUT2D eigenvalue weighted by molar-refractivity contribution is 5.82. The van der Waals surface area contributed by atoms with Crippen LogP contribution in [-0.2, 0) is 9.53 Å². The molecule has 0 saturated carbocycles. The molecule has 1 aliphatic heterocycles. The van der Waals surface area contributed by atoms with Crippen LogP contribution in [-0.4, -0.2) is 43.2 Å². The molecule has 1 aliphatic rings. The summed E-state index contributed by atoms with van der Waals surface area (Å²) < 4.78 is 5.11. The number of nitrogens with two attached hydrogens (primary N) is 1. The standard InChI is InChI=1S/C9H14N2O2/c1-2-3-8(10)9(12)11-4-6-13-7-5-11/h1,8H,3-7,10H2. The van der Waals surface area contributed by atoms with Crippen molar-refractivity contribution in [1.29, 1.82) is 0 Å². The molecule has 1 atom stereocenters. The van der Waals surface area contributed by atoms with Crippen molar-refractivity contribution in [2.75, 3.05) is 26.3 Å². The van der Waals surface area contributed by atoms with Crippen molar-refractivity contribution in [2.24, 2.45) is 5.73 Å². The maximum atomic E-state index is 11.5. The van der Waals surface area contributed by atoms with Crippen LogP contribution in [0.4, 0.5) is 0 Å². The number of amides is 1. The Balaban J connectivity index is 2.41. The second-order valence-electron chi connectivity index (χ2n) is 2.95. The number of hydrogen-bond acceptors (Lipinski definition) is 3. The van der Waals surface area contributed by atoms with E-state index in [1.165, 1.54) is 0 Å². The van der Waals surface area contributed by atoms with Crippen molar-refractivity contribution in [3.8, 4) is 12.3 Å². The van der Waals surface area contributed by atoms with Gasteiger partial charge in [0, 0.05) is 19.5 Å². The summed E-state index contributed by atoms with van der Waals surface area (Å²) in [5, 5.41) is 0. The average Bonchev–Trinajstić information content (AvgIpc) is 2.18. The van der Waals surface area contributed by atoms with Crippen molar-refractivity contribution in [3.63, 3.8) is 0 Å². The van der Waals surface area contributed by atoms with Crippen molar-refractivity contribution >= 4 is 5.91 Å². The van der Waals surface area contributed by atoms with Crippen LogP contribution in [0.2, 0.25) is 0 Å². The summed E-state index contributed by atoms with van der Waals surface area (Å²) >= 11 is 0. The van der Waals surface area contributed by atoms with Crippen molar-refractivity contribution in [3.05, 3.63) is 0 Å². The molecule has 72 valence electrons. The van der Waals surface area contributed by atoms with Crippen LogP contribution in [0.15, 0.2) is 0 Å². The highest BCUT2D eigenvalue weighted by atomic mass is 16.5. The predicted molar refractivity (Wildman–Crippen MR) is 48.8 cm³/mol. The van der Waals surface area contributed by atoms with Gasteiger partial charge >= 0.3 is 0 Å². The van der Waals surface area contributed by atoms with Crippen LogP contribution in [0.5, 0.6) is 0 Å². The number of carbonyl (C=O) groups excluding carboxylic acids is 1. The summed E-state index contributed by atoms with van der Waals surface area (Å²) in [6, 6.07) is -0.553. The van der Waals surface area contributed by atoms with E-state index in [0.29, 0.717) is 32.7 Å². The van der Waals surface area contributed by atoms with E-state index in [0.717, 1.165) is 0 Å². The lowest BCUT2D eigenvalue weighted by Crippen LogP contribution is -2.48. The predicted octanol–water partition coefficient (Wildman–Crippen LogP) is -0.804. The molecular formula is C9H14N2O2. The molecule has 0 aromatic rings. The zero-order chi connectivity index (χ0) is 9.68. The average molecular weight is 182 g/mol. The summed E-state index contributed by atoms with van der Waals surface area (Å²) in [7, 11) is 0. The highest BCUT2D eigenvalue weighted by Crippen LogP contribution is 2.01. The van der Waals surface area contributed by atoms with Crippen LogP contribution in [0.25, 0.3) is 0 Å². The molecule has 0 spiro atoms. The zero-order valence-corrected chi connectivity index (χ0v) is 7.53. The molecule has 1 fully saturated rings. The minimum absolute atomic E-state index is 0.0683. The van der Waals surface area contributed by atoms with Gasteiger partial charge < -0.3 is 15.4 Å². The van der Waals surface area contributed by atoms with Gasteiger partial charge in [0.25, 0.3) is 0 Å². The first-order valence-electron chi connectivity index (χ1n) is 4.31. The Morgan fingerprint density at radius 2 is 2.23 bits per heavy atom. The van der Waals surface area contributed by atoms with E-state index in [1.807, 2.05) is 0 Å². The lowest BCUT2D eigenvalue weighted by Gasteiger charge is -2.28. The van der Waals surface area contributed by atoms with Crippen molar-refractivity contribution in [1.82, 2.24) is 4.90 Å². The van der Waals surface area contributed by atoms with Gasteiger partial charge in [-0.3, -0.25) is 4.79 Å². The van der Waals surface area contributed by atoms with Gasteiger partial charge in [0.1, 0.15) is 0 Å². The van der Waals surface area contributed by atoms with Crippen LogP contribution >= 0.6 is 0 Å². The lowest BCUT2D eigenvalue weighted by atomic mass is 10.2. The number of hydrogen-bond donors (Lipinski definition) is 1. The van der Waals surface area contributed by atoms with Crippen molar-refractivity contribution in [2.45, 2.75) is 12.5 Å². The Hall–Kier alpha value is -1.05. The summed E-state index contributed by atoms with van der Waals surface area (Å²) in [6.07, 6.45) is 5.37. The fourth-order valence-corrected chi connectivity index (χ4v) is 1.23. The van der Waals surface area contributed by atoms with Crippen molar-refractivity contribution < 1.29 is 9.53 Å². The number of terminal acetylenes is 1. The molecule has 2 N–H and O–H groups in total. The summed E-state index contributed by atoms with van der Waals surface area (Å²) in [5.41, 5.74) is 5.58. The van der Waals surface area contributed by atoms with E-state index >= 15 is 0 Å². The molecule has 0 aromatic carbocycles. The molecule has 1 rings (SSSR count). The largest absolute Gasteiger partial charge is 0.378 e. The minimum atomic E-state index is -0.553. The summed E-state index contributed by atoms with van der Waals surface area (Å²) in [5.74, 6) is 2.32. The minimum Gasteiger partial charge on any atom is -0.378 e. The molecule has 0 bridgehead atoms. The van der Waals surface area contributed by atoms with E-state index in [-0.39, 0.29) is 5.91 Å². The maximum absolute atomic E-state index is 11.5. The summed E-state index contributed by atoms with van der Waals surface area (Å²) in [4.78, 5) is 13.2. The molecule has 4 nitrogen and oxygen atoms in total. The molecule has 1 amide bonds. The lowest BCUT2D eigenvalue weighted by molar-refractivity contribution is -0.136. The third kappa shape index (κ3) is 2.72. The van der Waals surface area contributed by atoms with Crippen LogP contribution in [0.3, 0.4) is 0 Å². The topological polar surface area (TPSA) is 55.6 Å². The number of nitrogens with zero attached hydrogens (tertiary/aromatic N) is 1. The Morgan fingerprint density at radius 1 is 1.62 bits per heavy atom. The smallest absolute Gasteiger partial charge is 0.240 e. The molecular weight excluding hydrogens is 168 g/mol. The second-order valence-corrected chi connectivity index (χ2v) is 2.95. The quantitative estimate of drug-likeness (QED) is 0.569. The molecule has 13 heavy (non-hydrogen) atoms. The first-order valence-corrected chi connectivity index (χ1v) is 4.31.